The van der Waals surface area contributed by atoms with E-state index in [-0.39, 0.29) is 24.3 Å². The van der Waals surface area contributed by atoms with E-state index in [0.29, 0.717) is 37.1 Å². The molecule has 0 spiro atoms. The molecule has 1 atom stereocenters. The molecule has 0 bridgehead atoms. The van der Waals surface area contributed by atoms with Crippen LogP contribution in [-0.2, 0) is 20.9 Å². The van der Waals surface area contributed by atoms with Gasteiger partial charge < -0.3 is 32.2 Å². The quantitative estimate of drug-likeness (QED) is 0.347. The van der Waals surface area contributed by atoms with Gasteiger partial charge in [-0.2, -0.15) is 0 Å². The van der Waals surface area contributed by atoms with Crippen LogP contribution in [0.2, 0.25) is 0 Å². The Morgan fingerprint density at radius 1 is 1.07 bits per heavy atom. The standard InChI is InChI=1S/C19H29N5O5/c1-12(2)10-16(25)24-15(4-3-9-22-18(20)27)17(26)23-14-7-5-13(6-8-14)11-29-19(21)28/h5-8,12,15H,3-4,9-11H2,1-2H3,(H2,21,28)(H,23,26)(H,24,25)(H3,20,22,27)/t15-/m0/s1. The third-order valence-electron chi connectivity index (χ3n) is 3.82. The Kier molecular flexibility index (Phi) is 10.00. The Labute approximate surface area is 169 Å². The molecular weight excluding hydrogens is 378 g/mol. The number of carbonyl (C=O) groups excluding carboxylic acids is 4. The summed E-state index contributed by atoms with van der Waals surface area (Å²) in [4.78, 5) is 46.1. The first kappa shape index (κ1) is 23.7. The van der Waals surface area contributed by atoms with E-state index in [1.54, 1.807) is 24.3 Å². The van der Waals surface area contributed by atoms with Crippen LogP contribution in [0, 0.1) is 5.92 Å². The first-order chi connectivity index (χ1) is 13.7. The third-order valence-corrected chi connectivity index (χ3v) is 3.82. The topological polar surface area (TPSA) is 166 Å². The number of nitrogens with one attached hydrogen (secondary N) is 3. The van der Waals surface area contributed by atoms with Crippen molar-refractivity contribution in [3.8, 4) is 0 Å². The van der Waals surface area contributed by atoms with Crippen molar-refractivity contribution in [1.29, 1.82) is 0 Å². The molecule has 0 heterocycles. The summed E-state index contributed by atoms with van der Waals surface area (Å²) in [5, 5.41) is 7.93. The van der Waals surface area contributed by atoms with E-state index in [2.05, 4.69) is 16.0 Å². The molecule has 0 unspecified atom stereocenters. The van der Waals surface area contributed by atoms with Crippen molar-refractivity contribution in [3.63, 3.8) is 0 Å². The average Bonchev–Trinajstić information content (AvgIpc) is 2.62. The molecule has 0 aliphatic carbocycles. The molecule has 7 N–H and O–H groups in total. The lowest BCUT2D eigenvalue weighted by atomic mass is 10.1. The second-order valence-electron chi connectivity index (χ2n) is 6.95. The highest BCUT2D eigenvalue weighted by molar-refractivity contribution is 5.97. The van der Waals surface area contributed by atoms with Gasteiger partial charge in [0.05, 0.1) is 0 Å². The summed E-state index contributed by atoms with van der Waals surface area (Å²) >= 11 is 0. The number of nitrogens with two attached hydrogens (primary N) is 2. The number of hydrogen-bond acceptors (Lipinski definition) is 5. The predicted molar refractivity (Wildman–Crippen MR) is 108 cm³/mol. The van der Waals surface area contributed by atoms with E-state index < -0.39 is 18.2 Å². The van der Waals surface area contributed by atoms with Crippen LogP contribution in [0.15, 0.2) is 24.3 Å². The molecule has 0 aromatic heterocycles. The number of ether oxygens (including phenoxy) is 1. The smallest absolute Gasteiger partial charge is 0.404 e. The molecule has 10 heteroatoms. The number of amides is 5. The minimum absolute atomic E-state index is 0.0321. The number of rotatable bonds is 11. The molecular formula is C19H29N5O5. The van der Waals surface area contributed by atoms with Crippen molar-refractivity contribution < 1.29 is 23.9 Å². The second kappa shape index (κ2) is 12.2. The number of hydrogen-bond donors (Lipinski definition) is 5. The molecule has 5 amide bonds. The van der Waals surface area contributed by atoms with Crippen LogP contribution in [0.4, 0.5) is 15.3 Å². The predicted octanol–water partition coefficient (Wildman–Crippen LogP) is 1.20. The zero-order valence-electron chi connectivity index (χ0n) is 16.7. The van der Waals surface area contributed by atoms with Gasteiger partial charge in [0.1, 0.15) is 12.6 Å². The van der Waals surface area contributed by atoms with E-state index >= 15 is 0 Å². The maximum Gasteiger partial charge on any atom is 0.404 e. The minimum atomic E-state index is -0.867. The van der Waals surface area contributed by atoms with Crippen LogP contribution in [0.3, 0.4) is 0 Å². The van der Waals surface area contributed by atoms with Crippen LogP contribution < -0.4 is 27.4 Å². The summed E-state index contributed by atoms with van der Waals surface area (Å²) in [6.45, 7) is 4.15. The summed E-state index contributed by atoms with van der Waals surface area (Å²) < 4.78 is 4.70. The minimum Gasteiger partial charge on any atom is -0.445 e. The zero-order chi connectivity index (χ0) is 21.8. The maximum atomic E-state index is 12.6. The van der Waals surface area contributed by atoms with Crippen molar-refractivity contribution >= 4 is 29.6 Å². The highest BCUT2D eigenvalue weighted by Gasteiger charge is 2.21. The highest BCUT2D eigenvalue weighted by atomic mass is 16.5. The monoisotopic (exact) mass is 407 g/mol. The molecule has 0 radical (unpaired) electrons. The Morgan fingerprint density at radius 3 is 2.28 bits per heavy atom. The molecule has 0 aliphatic heterocycles. The molecule has 0 aliphatic rings. The van der Waals surface area contributed by atoms with Gasteiger partial charge in [0, 0.05) is 18.7 Å². The molecule has 160 valence electrons. The molecule has 0 saturated carbocycles. The first-order valence-corrected chi connectivity index (χ1v) is 9.32. The van der Waals surface area contributed by atoms with Gasteiger partial charge in [0.25, 0.3) is 0 Å². The Morgan fingerprint density at radius 2 is 1.72 bits per heavy atom. The summed E-state index contributed by atoms with van der Waals surface area (Å²) in [6, 6.07) is 5.27. The van der Waals surface area contributed by atoms with Crippen LogP contribution in [-0.4, -0.2) is 36.5 Å². The van der Waals surface area contributed by atoms with Gasteiger partial charge in [-0.25, -0.2) is 9.59 Å². The Bertz CT molecular complexity index is 705. The lowest BCUT2D eigenvalue weighted by Crippen LogP contribution is -2.44. The summed E-state index contributed by atoms with van der Waals surface area (Å²) in [6.07, 6.45) is 0.235. The second-order valence-corrected chi connectivity index (χ2v) is 6.95. The molecule has 0 saturated heterocycles. The largest absolute Gasteiger partial charge is 0.445 e. The van der Waals surface area contributed by atoms with E-state index in [9.17, 15) is 19.2 Å². The van der Waals surface area contributed by atoms with Crippen LogP contribution in [0.1, 0.15) is 38.7 Å². The van der Waals surface area contributed by atoms with Gasteiger partial charge in [0.2, 0.25) is 11.8 Å². The molecule has 10 nitrogen and oxygen atoms in total. The Hall–Kier alpha value is -3.30. The summed E-state index contributed by atoms with van der Waals surface area (Å²) in [7, 11) is 0. The van der Waals surface area contributed by atoms with Crippen molar-refractivity contribution in [1.82, 2.24) is 10.6 Å². The SMILES string of the molecule is CC(C)CC(=O)N[C@@H](CCCNC(N)=O)C(=O)Nc1ccc(COC(N)=O)cc1. The molecule has 1 aromatic carbocycles. The lowest BCUT2D eigenvalue weighted by molar-refractivity contribution is -0.127. The third kappa shape index (κ3) is 10.6. The number of urea groups is 1. The van der Waals surface area contributed by atoms with Gasteiger partial charge in [-0.1, -0.05) is 26.0 Å². The van der Waals surface area contributed by atoms with Gasteiger partial charge in [0.15, 0.2) is 0 Å². The molecule has 1 aromatic rings. The van der Waals surface area contributed by atoms with E-state index in [1.165, 1.54) is 0 Å². The summed E-state index contributed by atoms with van der Waals surface area (Å²) in [5.41, 5.74) is 11.2. The van der Waals surface area contributed by atoms with Gasteiger partial charge in [-0.15, -0.1) is 0 Å². The Balaban J connectivity index is 2.69. The fraction of sp³-hybridized carbons (Fsp3) is 0.474. The van der Waals surface area contributed by atoms with Crippen molar-refractivity contribution in [2.24, 2.45) is 17.4 Å². The first-order valence-electron chi connectivity index (χ1n) is 9.32. The van der Waals surface area contributed by atoms with Crippen LogP contribution >= 0.6 is 0 Å². The number of benzene rings is 1. The van der Waals surface area contributed by atoms with E-state index in [4.69, 9.17) is 16.2 Å². The van der Waals surface area contributed by atoms with Crippen molar-refractivity contribution in [3.05, 3.63) is 29.8 Å². The van der Waals surface area contributed by atoms with Gasteiger partial charge >= 0.3 is 12.1 Å². The molecule has 1 rings (SSSR count). The van der Waals surface area contributed by atoms with Crippen molar-refractivity contribution in [2.45, 2.75) is 45.8 Å². The normalized spacial score (nSPS) is 11.4. The van der Waals surface area contributed by atoms with E-state index in [1.807, 2.05) is 13.8 Å². The van der Waals surface area contributed by atoms with Gasteiger partial charge in [-0.3, -0.25) is 9.59 Å². The van der Waals surface area contributed by atoms with Crippen molar-refractivity contribution in [2.75, 3.05) is 11.9 Å². The van der Waals surface area contributed by atoms with Crippen LogP contribution in [0.25, 0.3) is 0 Å². The fourth-order valence-corrected chi connectivity index (χ4v) is 2.48. The number of carbonyl (C=O) groups is 4. The number of primary amides is 2. The maximum absolute atomic E-state index is 12.6. The van der Waals surface area contributed by atoms with Crippen LogP contribution in [0.5, 0.6) is 0 Å². The van der Waals surface area contributed by atoms with Gasteiger partial charge in [-0.05, 0) is 36.5 Å². The zero-order valence-corrected chi connectivity index (χ0v) is 16.7. The highest BCUT2D eigenvalue weighted by Crippen LogP contribution is 2.12. The fourth-order valence-electron chi connectivity index (χ4n) is 2.48. The molecule has 0 fully saturated rings. The summed E-state index contributed by atoms with van der Waals surface area (Å²) in [5.74, 6) is -0.435. The average molecular weight is 407 g/mol. The number of anilines is 1. The van der Waals surface area contributed by atoms with E-state index in [0.717, 1.165) is 0 Å². The molecule has 29 heavy (non-hydrogen) atoms. The lowest BCUT2D eigenvalue weighted by Gasteiger charge is -2.19.